The van der Waals surface area contributed by atoms with E-state index in [4.69, 9.17) is 0 Å². The third-order valence-corrected chi connectivity index (χ3v) is 5.10. The molecule has 0 amide bonds. The monoisotopic (exact) mass is 305 g/mol. The summed E-state index contributed by atoms with van der Waals surface area (Å²) >= 11 is 1.64. The van der Waals surface area contributed by atoms with Gasteiger partial charge in [0, 0.05) is 17.6 Å². The molecule has 0 atom stereocenters. The molecule has 3 heteroatoms. The number of thioether (sulfide) groups is 1. The highest BCUT2D eigenvalue weighted by molar-refractivity contribution is 8.08. The Bertz CT molecular complexity index is 849. The van der Waals surface area contributed by atoms with Gasteiger partial charge < -0.3 is 9.67 Å². The molecule has 2 aromatic carbocycles. The number of aliphatic hydroxyl groups excluding tert-OH is 1. The lowest BCUT2D eigenvalue weighted by Crippen LogP contribution is -2.07. The summed E-state index contributed by atoms with van der Waals surface area (Å²) < 4.78 is 2.09. The molecule has 0 aliphatic carbocycles. The van der Waals surface area contributed by atoms with Gasteiger partial charge in [0.25, 0.3) is 0 Å². The smallest absolute Gasteiger partial charge is 0.153 e. The summed E-state index contributed by atoms with van der Waals surface area (Å²) in [7, 11) is 0. The van der Waals surface area contributed by atoms with Crippen LogP contribution in [-0.4, -0.2) is 9.67 Å². The van der Waals surface area contributed by atoms with Gasteiger partial charge in [0.15, 0.2) is 5.76 Å². The van der Waals surface area contributed by atoms with Crippen molar-refractivity contribution >= 4 is 22.4 Å². The first-order valence-corrected chi connectivity index (χ1v) is 8.04. The Kier molecular flexibility index (Phi) is 3.28. The van der Waals surface area contributed by atoms with Gasteiger partial charge in [-0.2, -0.15) is 0 Å². The molecule has 0 saturated heterocycles. The number of nitrogens with zero attached hydrogens (tertiary/aromatic N) is 1. The maximum Gasteiger partial charge on any atom is 0.153 e. The van der Waals surface area contributed by atoms with Crippen LogP contribution in [0.4, 0.5) is 0 Å². The molecule has 2 nitrogen and oxygen atoms in total. The molecule has 1 aromatic heterocycles. The topological polar surface area (TPSA) is 25.2 Å². The van der Waals surface area contributed by atoms with Crippen LogP contribution in [0.2, 0.25) is 0 Å². The van der Waals surface area contributed by atoms with Crippen molar-refractivity contribution in [3.05, 3.63) is 89.7 Å². The summed E-state index contributed by atoms with van der Waals surface area (Å²) in [6.07, 6.45) is 2.01. The molecule has 3 aromatic rings. The van der Waals surface area contributed by atoms with E-state index < -0.39 is 0 Å². The molecule has 0 unspecified atom stereocenters. The van der Waals surface area contributed by atoms with Crippen molar-refractivity contribution in [3.8, 4) is 0 Å². The first-order chi connectivity index (χ1) is 10.8. The zero-order valence-corrected chi connectivity index (χ0v) is 12.8. The van der Waals surface area contributed by atoms with Crippen LogP contribution in [0.25, 0.3) is 10.7 Å². The SMILES string of the molecule is O/C1=C(\c2ccccc2)Sc2ccccc2Cn2cccc21. The molecule has 22 heavy (non-hydrogen) atoms. The number of rotatable bonds is 1. The third-order valence-electron chi connectivity index (χ3n) is 3.85. The maximum atomic E-state index is 10.8. The van der Waals surface area contributed by atoms with Crippen molar-refractivity contribution in [2.24, 2.45) is 0 Å². The summed E-state index contributed by atoms with van der Waals surface area (Å²) in [6.45, 7) is 0.775. The van der Waals surface area contributed by atoms with Gasteiger partial charge in [0.1, 0.15) is 0 Å². The van der Waals surface area contributed by atoms with Gasteiger partial charge >= 0.3 is 0 Å². The Hall–Kier alpha value is -2.39. The zero-order chi connectivity index (χ0) is 14.9. The van der Waals surface area contributed by atoms with E-state index in [1.165, 1.54) is 10.5 Å². The van der Waals surface area contributed by atoms with Gasteiger partial charge in [-0.3, -0.25) is 0 Å². The van der Waals surface area contributed by atoms with Gasteiger partial charge in [-0.15, -0.1) is 0 Å². The van der Waals surface area contributed by atoms with Crippen LogP contribution in [0.15, 0.2) is 77.8 Å². The summed E-state index contributed by atoms with van der Waals surface area (Å²) in [4.78, 5) is 2.08. The van der Waals surface area contributed by atoms with Crippen LogP contribution >= 0.6 is 11.8 Å². The molecule has 4 rings (SSSR count). The normalized spacial score (nSPS) is 17.3. The lowest BCUT2D eigenvalue weighted by Gasteiger charge is -2.19. The number of aromatic nitrogens is 1. The summed E-state index contributed by atoms with van der Waals surface area (Å²) in [5.74, 6) is 0.343. The Labute approximate surface area is 133 Å². The van der Waals surface area contributed by atoms with Gasteiger partial charge in [0.2, 0.25) is 0 Å². The maximum absolute atomic E-state index is 10.8. The van der Waals surface area contributed by atoms with Crippen molar-refractivity contribution < 1.29 is 5.11 Å². The van der Waals surface area contributed by atoms with Crippen LogP contribution in [0.3, 0.4) is 0 Å². The molecule has 1 N–H and O–H groups in total. The van der Waals surface area contributed by atoms with Gasteiger partial charge in [-0.1, -0.05) is 60.3 Å². The van der Waals surface area contributed by atoms with Crippen LogP contribution in [0.5, 0.6) is 0 Å². The van der Waals surface area contributed by atoms with E-state index in [0.29, 0.717) is 5.76 Å². The highest BCUT2D eigenvalue weighted by Crippen LogP contribution is 2.42. The number of aliphatic hydroxyl groups is 1. The summed E-state index contributed by atoms with van der Waals surface area (Å²) in [5.41, 5.74) is 3.17. The molecule has 0 radical (unpaired) electrons. The molecular weight excluding hydrogens is 290 g/mol. The summed E-state index contributed by atoms with van der Waals surface area (Å²) in [5, 5.41) is 10.8. The van der Waals surface area contributed by atoms with Crippen molar-refractivity contribution in [2.75, 3.05) is 0 Å². The number of fused-ring (bicyclic) bond motifs is 2. The lowest BCUT2D eigenvalue weighted by atomic mass is 10.1. The highest BCUT2D eigenvalue weighted by Gasteiger charge is 2.19. The Morgan fingerprint density at radius 3 is 2.50 bits per heavy atom. The average molecular weight is 305 g/mol. The zero-order valence-electron chi connectivity index (χ0n) is 11.9. The van der Waals surface area contributed by atoms with Crippen LogP contribution in [-0.2, 0) is 6.54 Å². The van der Waals surface area contributed by atoms with Crippen molar-refractivity contribution in [1.29, 1.82) is 0 Å². The molecule has 1 aliphatic heterocycles. The molecular formula is C19H15NOS. The van der Waals surface area contributed by atoms with E-state index in [0.717, 1.165) is 22.7 Å². The minimum Gasteiger partial charge on any atom is -0.505 e. The van der Waals surface area contributed by atoms with E-state index in [1.54, 1.807) is 11.8 Å². The van der Waals surface area contributed by atoms with Crippen LogP contribution in [0.1, 0.15) is 16.8 Å². The fourth-order valence-corrected chi connectivity index (χ4v) is 3.83. The quantitative estimate of drug-likeness (QED) is 0.682. The Morgan fingerprint density at radius 2 is 1.64 bits per heavy atom. The van der Waals surface area contributed by atoms with Gasteiger partial charge in [-0.05, 0) is 29.3 Å². The largest absolute Gasteiger partial charge is 0.505 e. The fraction of sp³-hybridized carbons (Fsp3) is 0.0526. The predicted octanol–water partition coefficient (Wildman–Crippen LogP) is 5.03. The van der Waals surface area contributed by atoms with Crippen molar-refractivity contribution in [2.45, 2.75) is 11.4 Å². The predicted molar refractivity (Wildman–Crippen MR) is 91.7 cm³/mol. The molecule has 0 spiro atoms. The molecule has 2 heterocycles. The second kappa shape index (κ2) is 5.43. The lowest BCUT2D eigenvalue weighted by molar-refractivity contribution is 0.505. The Morgan fingerprint density at radius 1 is 0.864 bits per heavy atom. The number of benzene rings is 2. The van der Waals surface area contributed by atoms with Crippen LogP contribution < -0.4 is 0 Å². The average Bonchev–Trinajstić information content (AvgIpc) is 3.01. The first-order valence-electron chi connectivity index (χ1n) is 7.23. The van der Waals surface area contributed by atoms with Crippen molar-refractivity contribution in [1.82, 2.24) is 4.57 Å². The van der Waals surface area contributed by atoms with Crippen molar-refractivity contribution in [3.63, 3.8) is 0 Å². The number of hydrogen-bond acceptors (Lipinski definition) is 2. The second-order valence-corrected chi connectivity index (χ2v) is 6.33. The molecule has 108 valence electrons. The summed E-state index contributed by atoms with van der Waals surface area (Å²) in [6, 6.07) is 22.4. The van der Waals surface area contributed by atoms with Gasteiger partial charge in [-0.25, -0.2) is 0 Å². The molecule has 0 fully saturated rings. The number of hydrogen-bond donors (Lipinski definition) is 1. The van der Waals surface area contributed by atoms with E-state index in [-0.39, 0.29) is 0 Å². The highest BCUT2D eigenvalue weighted by atomic mass is 32.2. The van der Waals surface area contributed by atoms with E-state index in [2.05, 4.69) is 22.8 Å². The minimum absolute atomic E-state index is 0.343. The van der Waals surface area contributed by atoms with E-state index >= 15 is 0 Å². The fourth-order valence-electron chi connectivity index (χ4n) is 2.74. The Balaban J connectivity index is 1.96. The van der Waals surface area contributed by atoms with Gasteiger partial charge in [0.05, 0.1) is 10.6 Å². The first kappa shape index (κ1) is 13.3. The third kappa shape index (κ3) is 2.24. The molecule has 1 aliphatic rings. The standard InChI is InChI=1S/C19H15NOS/c21-18-16-10-6-12-20(16)13-15-9-4-5-11-17(15)22-19(18)14-7-2-1-3-8-14/h1-12,21H,13H2/b19-18+. The molecule has 0 bridgehead atoms. The van der Waals surface area contributed by atoms with E-state index in [9.17, 15) is 5.11 Å². The van der Waals surface area contributed by atoms with E-state index in [1.807, 2.05) is 54.7 Å². The second-order valence-electron chi connectivity index (χ2n) is 5.27. The van der Waals surface area contributed by atoms with Crippen LogP contribution in [0, 0.1) is 0 Å². The molecule has 0 saturated carbocycles. The minimum atomic E-state index is 0.343.